The molecule has 146 valence electrons. The minimum absolute atomic E-state index is 0.0814. The van der Waals surface area contributed by atoms with Crippen LogP contribution in [-0.4, -0.2) is 34.4 Å². The third-order valence-electron chi connectivity index (χ3n) is 5.10. The van der Waals surface area contributed by atoms with E-state index < -0.39 is 29.3 Å². The molecule has 0 aliphatic carbocycles. The Morgan fingerprint density at radius 2 is 1.69 bits per heavy atom. The maximum atomic E-state index is 12.4. The van der Waals surface area contributed by atoms with E-state index >= 15 is 0 Å². The first-order valence-corrected chi connectivity index (χ1v) is 10.1. The van der Waals surface area contributed by atoms with Gasteiger partial charge in [0.2, 0.25) is 0 Å². The van der Waals surface area contributed by atoms with Gasteiger partial charge in [0, 0.05) is 11.5 Å². The van der Waals surface area contributed by atoms with E-state index in [4.69, 9.17) is 14.0 Å². The van der Waals surface area contributed by atoms with E-state index in [2.05, 4.69) is 4.72 Å². The highest BCUT2D eigenvalue weighted by Gasteiger charge is 2.52. The van der Waals surface area contributed by atoms with Crippen molar-refractivity contribution in [3.8, 4) is 5.75 Å². The smallest absolute Gasteiger partial charge is 0.497 e. The van der Waals surface area contributed by atoms with Crippen LogP contribution in [0.4, 0.5) is 0 Å². The van der Waals surface area contributed by atoms with E-state index in [0.717, 1.165) is 16.8 Å². The summed E-state index contributed by atoms with van der Waals surface area (Å²) in [5.74, 6) is 0.719. The van der Waals surface area contributed by atoms with Gasteiger partial charge in [0.1, 0.15) is 5.75 Å². The van der Waals surface area contributed by atoms with E-state index in [9.17, 15) is 4.21 Å². The zero-order chi connectivity index (χ0) is 19.9. The second-order valence-electron chi connectivity index (χ2n) is 8.81. The summed E-state index contributed by atoms with van der Waals surface area (Å²) in [7, 11) is -0.0177. The van der Waals surface area contributed by atoms with Gasteiger partial charge in [0.05, 0.1) is 34.0 Å². The average Bonchev–Trinajstić information content (AvgIpc) is 2.73. The Bertz CT molecular complexity index is 669. The van der Waals surface area contributed by atoms with Crippen LogP contribution in [0.5, 0.6) is 5.75 Å². The van der Waals surface area contributed by atoms with E-state index in [1.165, 1.54) is 0 Å². The van der Waals surface area contributed by atoms with Crippen LogP contribution in [0, 0.1) is 0 Å². The third kappa shape index (κ3) is 4.33. The van der Waals surface area contributed by atoms with Gasteiger partial charge in [-0.15, -0.1) is 0 Å². The first-order valence-electron chi connectivity index (χ1n) is 9.00. The molecule has 0 bridgehead atoms. The quantitative estimate of drug-likeness (QED) is 0.797. The van der Waals surface area contributed by atoms with Crippen molar-refractivity contribution in [1.82, 2.24) is 4.72 Å². The lowest BCUT2D eigenvalue weighted by molar-refractivity contribution is 0.00578. The van der Waals surface area contributed by atoms with Crippen molar-refractivity contribution >= 4 is 23.6 Å². The molecule has 1 aliphatic heterocycles. The van der Waals surface area contributed by atoms with Crippen molar-refractivity contribution in [2.75, 3.05) is 7.11 Å². The van der Waals surface area contributed by atoms with Gasteiger partial charge in [0.25, 0.3) is 0 Å². The topological polar surface area (TPSA) is 56.8 Å². The fourth-order valence-corrected chi connectivity index (χ4v) is 3.39. The molecule has 1 N–H and O–H groups in total. The minimum atomic E-state index is -1.15. The molecule has 2 atom stereocenters. The van der Waals surface area contributed by atoms with Crippen LogP contribution < -0.4 is 14.9 Å². The third-order valence-corrected chi connectivity index (χ3v) is 6.78. The van der Waals surface area contributed by atoms with Crippen LogP contribution in [0.15, 0.2) is 18.2 Å². The minimum Gasteiger partial charge on any atom is -0.497 e. The summed E-state index contributed by atoms with van der Waals surface area (Å²) >= 11 is 0. The molecular weight excluding hydrogens is 349 g/mol. The first kappa shape index (κ1) is 21.4. The highest BCUT2D eigenvalue weighted by atomic mass is 32.2. The summed E-state index contributed by atoms with van der Waals surface area (Å²) in [5.41, 5.74) is 1.01. The van der Waals surface area contributed by atoms with Crippen LogP contribution in [0.2, 0.25) is 0 Å². The van der Waals surface area contributed by atoms with Crippen LogP contribution in [0.1, 0.15) is 67.0 Å². The molecule has 0 amide bonds. The van der Waals surface area contributed by atoms with Gasteiger partial charge in [-0.3, -0.25) is 0 Å². The molecule has 2 rings (SSSR count). The molecule has 0 spiro atoms. The Morgan fingerprint density at radius 1 is 1.15 bits per heavy atom. The number of hydrogen-bond donors (Lipinski definition) is 1. The molecule has 1 aliphatic rings. The molecule has 7 heteroatoms. The molecule has 26 heavy (non-hydrogen) atoms. The van der Waals surface area contributed by atoms with Gasteiger partial charge < -0.3 is 14.0 Å². The SMILES string of the molecule is COc1ccc([C@@H](C)NS(=O)C(C)(C)C)cc1B1OC(C)(C)C(C)(C)O1. The molecular formula is C19H32BNO4S. The van der Waals surface area contributed by atoms with Crippen molar-refractivity contribution in [2.45, 2.75) is 77.4 Å². The number of benzene rings is 1. The summed E-state index contributed by atoms with van der Waals surface area (Å²) in [5, 5.41) is 0. The predicted octanol–water partition coefficient (Wildman–Crippen LogP) is 3.11. The Labute approximate surface area is 160 Å². The van der Waals surface area contributed by atoms with E-state index in [0.29, 0.717) is 0 Å². The Hall–Kier alpha value is -0.885. The normalized spacial score (nSPS) is 21.5. The van der Waals surface area contributed by atoms with Crippen molar-refractivity contribution < 1.29 is 18.3 Å². The van der Waals surface area contributed by atoms with Crippen LogP contribution in [0.3, 0.4) is 0 Å². The van der Waals surface area contributed by atoms with Crippen LogP contribution in [0.25, 0.3) is 0 Å². The van der Waals surface area contributed by atoms with Crippen molar-refractivity contribution in [2.24, 2.45) is 0 Å². The number of methoxy groups -OCH3 is 1. The lowest BCUT2D eigenvalue weighted by Crippen LogP contribution is -2.41. The second-order valence-corrected chi connectivity index (χ2v) is 10.8. The maximum absolute atomic E-state index is 12.4. The second kappa shape index (κ2) is 7.26. The lowest BCUT2D eigenvalue weighted by atomic mass is 9.77. The van der Waals surface area contributed by atoms with Gasteiger partial charge in [0.15, 0.2) is 0 Å². The molecule has 1 heterocycles. The standard InChI is InChI=1S/C19H32BNO4S/c1-13(21-26(22)17(2,3)4)14-10-11-16(23-9)15(12-14)20-24-18(5,6)19(7,8)25-20/h10-13,21H,1-9H3/t13-,26?/m1/s1. The molecule has 1 aromatic rings. The molecule has 1 aromatic carbocycles. The predicted molar refractivity (Wildman–Crippen MR) is 108 cm³/mol. The van der Waals surface area contributed by atoms with Gasteiger partial charge in [-0.2, -0.15) is 0 Å². The highest BCUT2D eigenvalue weighted by Crippen LogP contribution is 2.37. The molecule has 5 nitrogen and oxygen atoms in total. The summed E-state index contributed by atoms with van der Waals surface area (Å²) < 4.78 is 33.1. The van der Waals surface area contributed by atoms with Crippen molar-refractivity contribution in [1.29, 1.82) is 0 Å². The molecule has 1 saturated heterocycles. The van der Waals surface area contributed by atoms with E-state index in [1.807, 2.05) is 73.6 Å². The summed E-state index contributed by atoms with van der Waals surface area (Å²) in [6, 6.07) is 5.82. The van der Waals surface area contributed by atoms with Crippen molar-refractivity contribution in [3.63, 3.8) is 0 Å². The summed E-state index contributed by atoms with van der Waals surface area (Å²) in [6.45, 7) is 16.0. The molecule has 0 aromatic heterocycles. The summed E-state index contributed by atoms with van der Waals surface area (Å²) in [4.78, 5) is 0. The lowest BCUT2D eigenvalue weighted by Gasteiger charge is -2.32. The molecule has 0 radical (unpaired) electrons. The Morgan fingerprint density at radius 3 is 2.15 bits per heavy atom. The van der Waals surface area contributed by atoms with Crippen LogP contribution >= 0.6 is 0 Å². The largest absolute Gasteiger partial charge is 0.498 e. The van der Waals surface area contributed by atoms with E-state index in [-0.39, 0.29) is 10.8 Å². The highest BCUT2D eigenvalue weighted by molar-refractivity contribution is 7.84. The monoisotopic (exact) mass is 381 g/mol. The number of ether oxygens (including phenoxy) is 1. The zero-order valence-electron chi connectivity index (χ0n) is 17.4. The summed E-state index contributed by atoms with van der Waals surface area (Å²) in [6.07, 6.45) is 0. The maximum Gasteiger partial charge on any atom is 0.498 e. The van der Waals surface area contributed by atoms with Gasteiger partial charge in [-0.1, -0.05) is 12.1 Å². The van der Waals surface area contributed by atoms with Crippen LogP contribution in [-0.2, 0) is 20.3 Å². The van der Waals surface area contributed by atoms with E-state index in [1.54, 1.807) is 7.11 Å². The van der Waals surface area contributed by atoms with Gasteiger partial charge in [-0.05, 0) is 67.0 Å². The van der Waals surface area contributed by atoms with Gasteiger partial charge >= 0.3 is 7.12 Å². The number of nitrogens with one attached hydrogen (secondary N) is 1. The number of hydrogen-bond acceptors (Lipinski definition) is 4. The number of rotatable bonds is 5. The fraction of sp³-hybridized carbons (Fsp3) is 0.684. The van der Waals surface area contributed by atoms with Gasteiger partial charge in [-0.25, -0.2) is 8.93 Å². The average molecular weight is 381 g/mol. The molecule has 0 saturated carbocycles. The zero-order valence-corrected chi connectivity index (χ0v) is 18.2. The molecule has 1 fully saturated rings. The van der Waals surface area contributed by atoms with Crippen molar-refractivity contribution in [3.05, 3.63) is 23.8 Å². The molecule has 1 unspecified atom stereocenters. The fourth-order valence-electron chi connectivity index (χ4n) is 2.58. The Balaban J connectivity index is 2.31. The first-order chi connectivity index (χ1) is 11.8. The Kier molecular flexibility index (Phi) is 5.98.